The van der Waals surface area contributed by atoms with Crippen LogP contribution in [0.3, 0.4) is 0 Å². The fraction of sp³-hybridized carbons (Fsp3) is 0.158. The van der Waals surface area contributed by atoms with Gasteiger partial charge in [0.1, 0.15) is 12.3 Å². The minimum atomic E-state index is -0.593. The Hall–Kier alpha value is -3.88. The summed E-state index contributed by atoms with van der Waals surface area (Å²) in [6.07, 6.45) is -0.593. The average molecular weight is 380 g/mol. The van der Waals surface area contributed by atoms with Gasteiger partial charge >= 0.3 is 0 Å². The molecule has 0 radical (unpaired) electrons. The van der Waals surface area contributed by atoms with Crippen molar-refractivity contribution in [2.75, 3.05) is 10.6 Å². The first-order valence-corrected chi connectivity index (χ1v) is 8.55. The van der Waals surface area contributed by atoms with E-state index in [1.165, 1.54) is 6.07 Å². The molecular formula is C19H16N4O5. The Bertz CT molecular complexity index is 1230. The number of aromatic nitrogens is 2. The van der Waals surface area contributed by atoms with Crippen molar-refractivity contribution >= 4 is 34.0 Å². The molecule has 142 valence electrons. The Labute approximate surface area is 157 Å². The number of rotatable bonds is 3. The van der Waals surface area contributed by atoms with Crippen LogP contribution in [0, 0.1) is 0 Å². The number of aromatic amines is 1. The number of hydrogen-bond acceptors (Lipinski definition) is 5. The number of benzene rings is 2. The quantitative estimate of drug-likeness (QED) is 0.627. The Morgan fingerprint density at radius 1 is 1.14 bits per heavy atom. The number of ether oxygens (including phenoxy) is 1. The molecule has 0 unspecified atom stereocenters. The lowest BCUT2D eigenvalue weighted by molar-refractivity contribution is -0.122. The zero-order valence-corrected chi connectivity index (χ0v) is 14.8. The van der Waals surface area contributed by atoms with Gasteiger partial charge in [0.25, 0.3) is 17.0 Å². The van der Waals surface area contributed by atoms with Gasteiger partial charge in [0.2, 0.25) is 5.91 Å². The Kier molecular flexibility index (Phi) is 4.19. The van der Waals surface area contributed by atoms with Crippen molar-refractivity contribution < 1.29 is 14.3 Å². The van der Waals surface area contributed by atoms with Gasteiger partial charge in [-0.1, -0.05) is 12.1 Å². The Morgan fingerprint density at radius 3 is 2.68 bits per heavy atom. The molecule has 1 aliphatic heterocycles. The zero-order valence-electron chi connectivity index (χ0n) is 14.8. The first-order chi connectivity index (χ1) is 13.4. The van der Waals surface area contributed by atoms with E-state index >= 15 is 0 Å². The van der Waals surface area contributed by atoms with E-state index < -0.39 is 23.1 Å². The van der Waals surface area contributed by atoms with Crippen molar-refractivity contribution in [3.05, 3.63) is 63.2 Å². The molecule has 0 saturated heterocycles. The largest absolute Gasteiger partial charge is 0.479 e. The molecule has 2 heterocycles. The SMILES string of the molecule is C[C@H]1Oc2ccc(NC(=O)Cn3[nH]c(=O)c4ccccc4c3=O)cc2NC1=O. The normalized spacial score (nSPS) is 15.5. The summed E-state index contributed by atoms with van der Waals surface area (Å²) in [5, 5.41) is 8.24. The van der Waals surface area contributed by atoms with E-state index in [0.29, 0.717) is 17.1 Å². The second kappa shape index (κ2) is 6.69. The molecule has 0 spiro atoms. The predicted octanol–water partition coefficient (Wildman–Crippen LogP) is 1.05. The predicted molar refractivity (Wildman–Crippen MR) is 103 cm³/mol. The molecule has 28 heavy (non-hydrogen) atoms. The van der Waals surface area contributed by atoms with E-state index in [1.807, 2.05) is 0 Å². The van der Waals surface area contributed by atoms with Gasteiger partial charge in [-0.05, 0) is 37.3 Å². The highest BCUT2D eigenvalue weighted by Crippen LogP contribution is 2.32. The second-order valence-electron chi connectivity index (χ2n) is 6.39. The van der Waals surface area contributed by atoms with E-state index in [2.05, 4.69) is 15.7 Å². The first kappa shape index (κ1) is 17.5. The molecule has 2 aromatic carbocycles. The van der Waals surface area contributed by atoms with Crippen molar-refractivity contribution in [3.63, 3.8) is 0 Å². The van der Waals surface area contributed by atoms with Crippen molar-refractivity contribution in [1.82, 2.24) is 9.78 Å². The molecule has 0 fully saturated rings. The molecule has 0 aliphatic carbocycles. The molecule has 1 atom stereocenters. The van der Waals surface area contributed by atoms with Gasteiger partial charge in [0.15, 0.2) is 6.10 Å². The fourth-order valence-corrected chi connectivity index (χ4v) is 2.99. The highest BCUT2D eigenvalue weighted by Gasteiger charge is 2.23. The minimum absolute atomic E-state index is 0.238. The molecular weight excluding hydrogens is 364 g/mol. The zero-order chi connectivity index (χ0) is 19.8. The van der Waals surface area contributed by atoms with Crippen LogP contribution in [0.2, 0.25) is 0 Å². The summed E-state index contributed by atoms with van der Waals surface area (Å²) < 4.78 is 6.42. The smallest absolute Gasteiger partial charge is 0.273 e. The van der Waals surface area contributed by atoms with Crippen LogP contribution in [0.1, 0.15) is 6.92 Å². The maximum absolute atomic E-state index is 12.5. The fourth-order valence-electron chi connectivity index (χ4n) is 2.99. The topological polar surface area (TPSA) is 122 Å². The summed E-state index contributed by atoms with van der Waals surface area (Å²) >= 11 is 0. The molecule has 3 N–H and O–H groups in total. The van der Waals surface area contributed by atoms with Crippen LogP contribution in [-0.4, -0.2) is 27.7 Å². The number of fused-ring (bicyclic) bond motifs is 2. The maximum Gasteiger partial charge on any atom is 0.273 e. The summed E-state index contributed by atoms with van der Waals surface area (Å²) in [5.41, 5.74) is -0.0632. The number of nitrogens with one attached hydrogen (secondary N) is 3. The highest BCUT2D eigenvalue weighted by atomic mass is 16.5. The van der Waals surface area contributed by atoms with Crippen molar-refractivity contribution in [2.24, 2.45) is 0 Å². The highest BCUT2D eigenvalue weighted by molar-refractivity contribution is 5.99. The molecule has 1 aliphatic rings. The Morgan fingerprint density at radius 2 is 1.89 bits per heavy atom. The Balaban J connectivity index is 1.56. The van der Waals surface area contributed by atoms with Crippen molar-refractivity contribution in [1.29, 1.82) is 0 Å². The van der Waals surface area contributed by atoms with Crippen molar-refractivity contribution in [2.45, 2.75) is 19.6 Å². The molecule has 4 rings (SSSR count). The van der Waals surface area contributed by atoms with E-state index in [0.717, 1.165) is 4.68 Å². The summed E-state index contributed by atoms with van der Waals surface area (Å²) in [7, 11) is 0. The van der Waals surface area contributed by atoms with Crippen LogP contribution in [0.5, 0.6) is 5.75 Å². The molecule has 9 heteroatoms. The number of carbonyl (C=O) groups is 2. The lowest BCUT2D eigenvalue weighted by Crippen LogP contribution is -2.35. The first-order valence-electron chi connectivity index (χ1n) is 8.55. The monoisotopic (exact) mass is 380 g/mol. The molecule has 2 amide bonds. The van der Waals surface area contributed by atoms with Gasteiger partial charge in [0, 0.05) is 5.69 Å². The lowest BCUT2D eigenvalue weighted by Gasteiger charge is -2.23. The summed E-state index contributed by atoms with van der Waals surface area (Å²) in [6.45, 7) is 1.27. The second-order valence-corrected chi connectivity index (χ2v) is 6.39. The van der Waals surface area contributed by atoms with Crippen LogP contribution in [-0.2, 0) is 16.1 Å². The lowest BCUT2D eigenvalue weighted by atomic mass is 10.2. The molecule has 0 saturated carbocycles. The van der Waals surface area contributed by atoms with E-state index in [1.54, 1.807) is 43.3 Å². The summed E-state index contributed by atoms with van der Waals surface area (Å²) in [6, 6.07) is 11.2. The average Bonchev–Trinajstić information content (AvgIpc) is 2.67. The third-order valence-electron chi connectivity index (χ3n) is 4.38. The maximum atomic E-state index is 12.5. The molecule has 1 aromatic heterocycles. The number of H-pyrrole nitrogens is 1. The van der Waals surface area contributed by atoms with Crippen LogP contribution < -0.4 is 26.5 Å². The van der Waals surface area contributed by atoms with E-state index in [9.17, 15) is 19.2 Å². The molecule has 3 aromatic rings. The van der Waals surface area contributed by atoms with Gasteiger partial charge in [0.05, 0.1) is 16.5 Å². The van der Waals surface area contributed by atoms with Gasteiger partial charge in [-0.2, -0.15) is 0 Å². The standard InChI is InChI=1S/C19H16N4O5/c1-10-17(25)21-14-8-11(6-7-15(14)28-10)20-16(24)9-23-19(27)13-5-3-2-4-12(13)18(26)22-23/h2-8,10H,9H2,1H3,(H,20,24)(H,21,25)(H,22,26)/t10-/m1/s1. The number of nitrogens with zero attached hydrogens (tertiary/aromatic N) is 1. The third-order valence-corrected chi connectivity index (χ3v) is 4.38. The van der Waals surface area contributed by atoms with E-state index in [4.69, 9.17) is 4.74 Å². The van der Waals surface area contributed by atoms with Gasteiger partial charge in [-0.15, -0.1) is 0 Å². The third kappa shape index (κ3) is 3.13. The van der Waals surface area contributed by atoms with Gasteiger partial charge in [-0.3, -0.25) is 24.3 Å². The van der Waals surface area contributed by atoms with Gasteiger partial charge < -0.3 is 15.4 Å². The number of hydrogen-bond donors (Lipinski definition) is 3. The number of anilines is 2. The van der Waals surface area contributed by atoms with Gasteiger partial charge in [-0.25, -0.2) is 4.68 Å². The molecule has 9 nitrogen and oxygen atoms in total. The van der Waals surface area contributed by atoms with Crippen LogP contribution >= 0.6 is 0 Å². The van der Waals surface area contributed by atoms with Crippen LogP contribution in [0.15, 0.2) is 52.1 Å². The van der Waals surface area contributed by atoms with Crippen molar-refractivity contribution in [3.8, 4) is 5.75 Å². The van der Waals surface area contributed by atoms with E-state index in [-0.39, 0.29) is 23.2 Å². The summed E-state index contributed by atoms with van der Waals surface area (Å²) in [4.78, 5) is 48.7. The van der Waals surface area contributed by atoms with Crippen LogP contribution in [0.4, 0.5) is 11.4 Å². The molecule has 0 bridgehead atoms. The van der Waals surface area contributed by atoms with Crippen LogP contribution in [0.25, 0.3) is 10.8 Å². The number of carbonyl (C=O) groups excluding carboxylic acids is 2. The number of amides is 2. The minimum Gasteiger partial charge on any atom is -0.479 e. The summed E-state index contributed by atoms with van der Waals surface area (Å²) in [5.74, 6) is -0.291.